The van der Waals surface area contributed by atoms with Gasteiger partial charge in [0.1, 0.15) is 0 Å². The van der Waals surface area contributed by atoms with Gasteiger partial charge >= 0.3 is 0 Å². The molecule has 106 valence electrons. The summed E-state index contributed by atoms with van der Waals surface area (Å²) in [6.45, 7) is 11.3. The Kier molecular flexibility index (Phi) is 5.20. The van der Waals surface area contributed by atoms with Crippen molar-refractivity contribution < 1.29 is 4.79 Å². The number of amides is 1. The van der Waals surface area contributed by atoms with Gasteiger partial charge in [-0.15, -0.1) is 0 Å². The minimum atomic E-state index is -0.0900. The van der Waals surface area contributed by atoms with Crippen molar-refractivity contribution in [2.75, 3.05) is 6.54 Å². The second kappa shape index (κ2) is 6.05. The maximum absolute atomic E-state index is 11.8. The lowest BCUT2D eigenvalue weighted by molar-refractivity contribution is -0.122. The summed E-state index contributed by atoms with van der Waals surface area (Å²) in [6, 6.07) is 0.522. The minimum absolute atomic E-state index is 0.0900. The number of carbonyl (C=O) groups is 1. The van der Waals surface area contributed by atoms with Crippen LogP contribution in [0.4, 0.5) is 0 Å². The number of nitrogens with one attached hydrogen (secondary N) is 2. The summed E-state index contributed by atoms with van der Waals surface area (Å²) in [4.78, 5) is 11.8. The average molecular weight is 254 g/mol. The molecule has 2 N–H and O–H groups in total. The molecule has 0 radical (unpaired) electrons. The first-order valence-electron chi connectivity index (χ1n) is 7.28. The van der Waals surface area contributed by atoms with E-state index in [1.54, 1.807) is 0 Å². The van der Waals surface area contributed by atoms with E-state index in [1.807, 2.05) is 0 Å². The molecule has 0 aromatic carbocycles. The van der Waals surface area contributed by atoms with Gasteiger partial charge in [-0.1, -0.05) is 20.8 Å². The Morgan fingerprint density at radius 2 is 1.83 bits per heavy atom. The molecule has 1 aliphatic carbocycles. The molecule has 1 saturated carbocycles. The second-order valence-corrected chi connectivity index (χ2v) is 7.11. The van der Waals surface area contributed by atoms with Crippen LogP contribution in [-0.4, -0.2) is 24.0 Å². The summed E-state index contributed by atoms with van der Waals surface area (Å²) in [5.41, 5.74) is 0.401. The van der Waals surface area contributed by atoms with Crippen LogP contribution in [0.2, 0.25) is 0 Å². The van der Waals surface area contributed by atoms with Crippen LogP contribution in [0.5, 0.6) is 0 Å². The molecule has 0 spiro atoms. The summed E-state index contributed by atoms with van der Waals surface area (Å²) < 4.78 is 0. The third-order valence-electron chi connectivity index (χ3n) is 4.25. The third-order valence-corrected chi connectivity index (χ3v) is 4.25. The van der Waals surface area contributed by atoms with Crippen LogP contribution in [0.25, 0.3) is 0 Å². The molecule has 1 aliphatic rings. The highest BCUT2D eigenvalue weighted by atomic mass is 16.2. The molecule has 3 nitrogen and oxygen atoms in total. The van der Waals surface area contributed by atoms with Gasteiger partial charge in [-0.3, -0.25) is 4.79 Å². The number of carbonyl (C=O) groups excluding carboxylic acids is 1. The molecular formula is C15H30N2O. The Morgan fingerprint density at radius 3 is 2.33 bits per heavy atom. The van der Waals surface area contributed by atoms with Gasteiger partial charge in [0.25, 0.3) is 0 Å². The highest BCUT2D eigenvalue weighted by molar-refractivity contribution is 5.78. The van der Waals surface area contributed by atoms with E-state index in [9.17, 15) is 4.79 Å². The molecule has 0 unspecified atom stereocenters. The van der Waals surface area contributed by atoms with Gasteiger partial charge in [0.05, 0.1) is 6.54 Å². The van der Waals surface area contributed by atoms with Gasteiger partial charge in [-0.2, -0.15) is 0 Å². The molecule has 1 amide bonds. The van der Waals surface area contributed by atoms with Crippen LogP contribution in [0, 0.1) is 5.41 Å². The standard InChI is InChI=1S/C15H30N2O/c1-6-15(4,5)17-13(18)11-16-12-7-9-14(2,3)10-8-12/h12,16H,6-11H2,1-5H3,(H,17,18). The molecule has 0 aromatic heterocycles. The van der Waals surface area contributed by atoms with Crippen molar-refractivity contribution in [1.29, 1.82) is 0 Å². The van der Waals surface area contributed by atoms with Crippen LogP contribution in [0.1, 0.15) is 66.7 Å². The van der Waals surface area contributed by atoms with Gasteiger partial charge in [0, 0.05) is 11.6 Å². The van der Waals surface area contributed by atoms with Crippen LogP contribution in [-0.2, 0) is 4.79 Å². The van der Waals surface area contributed by atoms with Crippen molar-refractivity contribution in [3.05, 3.63) is 0 Å². The Labute approximate surface area is 112 Å². The minimum Gasteiger partial charge on any atom is -0.350 e. The molecule has 3 heteroatoms. The summed E-state index contributed by atoms with van der Waals surface area (Å²) in [5, 5.41) is 6.45. The van der Waals surface area contributed by atoms with Crippen molar-refractivity contribution in [3.63, 3.8) is 0 Å². The van der Waals surface area contributed by atoms with Gasteiger partial charge in [-0.05, 0) is 51.4 Å². The molecule has 0 heterocycles. The SMILES string of the molecule is CCC(C)(C)NC(=O)CNC1CCC(C)(C)CC1. The Balaban J connectivity index is 2.24. The van der Waals surface area contributed by atoms with Gasteiger partial charge in [0.2, 0.25) is 5.91 Å². The molecule has 0 aliphatic heterocycles. The first-order chi connectivity index (χ1) is 8.24. The normalized spacial score (nSPS) is 20.7. The monoisotopic (exact) mass is 254 g/mol. The van der Waals surface area contributed by atoms with Gasteiger partial charge in [0.15, 0.2) is 0 Å². The van der Waals surface area contributed by atoms with E-state index in [-0.39, 0.29) is 11.4 Å². The van der Waals surface area contributed by atoms with Gasteiger partial charge < -0.3 is 10.6 Å². The third kappa shape index (κ3) is 5.38. The van der Waals surface area contributed by atoms with Crippen LogP contribution >= 0.6 is 0 Å². The lowest BCUT2D eigenvalue weighted by atomic mass is 9.75. The van der Waals surface area contributed by atoms with Crippen LogP contribution in [0.15, 0.2) is 0 Å². The van der Waals surface area contributed by atoms with E-state index in [1.165, 1.54) is 25.7 Å². The zero-order chi connectivity index (χ0) is 13.8. The fourth-order valence-electron chi connectivity index (χ4n) is 2.35. The fourth-order valence-corrected chi connectivity index (χ4v) is 2.35. The molecule has 0 bridgehead atoms. The highest BCUT2D eigenvalue weighted by Crippen LogP contribution is 2.34. The second-order valence-electron chi connectivity index (χ2n) is 7.11. The van der Waals surface area contributed by atoms with Crippen molar-refractivity contribution in [3.8, 4) is 0 Å². The van der Waals surface area contributed by atoms with Crippen molar-refractivity contribution >= 4 is 5.91 Å². The predicted octanol–water partition coefficient (Wildman–Crippen LogP) is 2.85. The number of hydrogen-bond donors (Lipinski definition) is 2. The first kappa shape index (κ1) is 15.5. The maximum Gasteiger partial charge on any atom is 0.234 e. The number of hydrogen-bond acceptors (Lipinski definition) is 2. The van der Waals surface area contributed by atoms with Gasteiger partial charge in [-0.25, -0.2) is 0 Å². The molecule has 0 atom stereocenters. The predicted molar refractivity (Wildman–Crippen MR) is 76.6 cm³/mol. The Morgan fingerprint density at radius 1 is 1.28 bits per heavy atom. The Hall–Kier alpha value is -0.570. The smallest absolute Gasteiger partial charge is 0.234 e. The summed E-state index contributed by atoms with van der Waals surface area (Å²) in [7, 11) is 0. The lowest BCUT2D eigenvalue weighted by Gasteiger charge is -2.34. The summed E-state index contributed by atoms with van der Waals surface area (Å²) in [6.07, 6.45) is 5.85. The van der Waals surface area contributed by atoms with Crippen molar-refractivity contribution in [2.45, 2.75) is 78.3 Å². The topological polar surface area (TPSA) is 41.1 Å². The van der Waals surface area contributed by atoms with E-state index >= 15 is 0 Å². The molecule has 18 heavy (non-hydrogen) atoms. The molecule has 1 fully saturated rings. The molecule has 1 rings (SSSR count). The van der Waals surface area contributed by atoms with Crippen LogP contribution in [0.3, 0.4) is 0 Å². The molecular weight excluding hydrogens is 224 g/mol. The van der Waals surface area contributed by atoms with Crippen LogP contribution < -0.4 is 10.6 Å². The van der Waals surface area contributed by atoms with E-state index in [0.29, 0.717) is 18.0 Å². The quantitative estimate of drug-likeness (QED) is 0.792. The molecule has 0 saturated heterocycles. The van der Waals surface area contributed by atoms with Crippen molar-refractivity contribution in [1.82, 2.24) is 10.6 Å². The number of rotatable bonds is 5. The van der Waals surface area contributed by atoms with E-state index < -0.39 is 0 Å². The van der Waals surface area contributed by atoms with E-state index in [0.717, 1.165) is 6.42 Å². The fraction of sp³-hybridized carbons (Fsp3) is 0.933. The molecule has 0 aromatic rings. The first-order valence-corrected chi connectivity index (χ1v) is 7.28. The van der Waals surface area contributed by atoms with E-state index in [2.05, 4.69) is 45.3 Å². The average Bonchev–Trinajstić information content (AvgIpc) is 2.27. The van der Waals surface area contributed by atoms with Crippen molar-refractivity contribution in [2.24, 2.45) is 5.41 Å². The maximum atomic E-state index is 11.8. The Bertz CT molecular complexity index is 274. The lowest BCUT2D eigenvalue weighted by Crippen LogP contribution is -2.48. The van der Waals surface area contributed by atoms with E-state index in [4.69, 9.17) is 0 Å². The highest BCUT2D eigenvalue weighted by Gasteiger charge is 2.27. The largest absolute Gasteiger partial charge is 0.350 e. The summed E-state index contributed by atoms with van der Waals surface area (Å²) >= 11 is 0. The zero-order valence-corrected chi connectivity index (χ0v) is 12.7. The zero-order valence-electron chi connectivity index (χ0n) is 12.7. The summed E-state index contributed by atoms with van der Waals surface area (Å²) in [5.74, 6) is 0.117.